The van der Waals surface area contributed by atoms with Crippen molar-refractivity contribution >= 4 is 17.4 Å². The number of carbonyl (C=O) groups excluding carboxylic acids is 1. The molecule has 1 aromatic heterocycles. The van der Waals surface area contributed by atoms with Crippen LogP contribution in [0.3, 0.4) is 0 Å². The zero-order valence-corrected chi connectivity index (χ0v) is 13.8. The van der Waals surface area contributed by atoms with Gasteiger partial charge in [-0.25, -0.2) is 9.02 Å². The van der Waals surface area contributed by atoms with E-state index in [4.69, 9.17) is 5.11 Å². The number of ketones is 1. The Morgan fingerprint density at radius 1 is 1.42 bits per heavy atom. The second-order valence-electron chi connectivity index (χ2n) is 5.83. The van der Waals surface area contributed by atoms with E-state index in [1.165, 1.54) is 12.1 Å². The molecule has 2 aromatic rings. The van der Waals surface area contributed by atoms with Gasteiger partial charge >= 0.3 is 0 Å². The highest BCUT2D eigenvalue weighted by atomic mass is 19.1. The van der Waals surface area contributed by atoms with Crippen molar-refractivity contribution in [1.29, 1.82) is 0 Å². The molecule has 3 rings (SSSR count). The van der Waals surface area contributed by atoms with Crippen molar-refractivity contribution in [1.82, 2.24) is 15.8 Å². The molecule has 9 nitrogen and oxygen atoms in total. The van der Waals surface area contributed by atoms with Crippen LogP contribution < -0.4 is 10.8 Å². The first-order chi connectivity index (χ1) is 12.6. The molecule has 0 aliphatic heterocycles. The summed E-state index contributed by atoms with van der Waals surface area (Å²) in [6.45, 7) is -0.0887. The third-order valence-electron chi connectivity index (χ3n) is 4.05. The van der Waals surface area contributed by atoms with Crippen LogP contribution in [0.5, 0.6) is 0 Å². The Morgan fingerprint density at radius 3 is 3.04 bits per heavy atom. The molecule has 1 aromatic carbocycles. The van der Waals surface area contributed by atoms with Gasteiger partial charge in [0.05, 0.1) is 12.6 Å². The summed E-state index contributed by atoms with van der Waals surface area (Å²) < 4.78 is 18.0. The molecular weight excluding hydrogens is 345 g/mol. The first-order valence-corrected chi connectivity index (χ1v) is 8.08. The second-order valence-corrected chi connectivity index (χ2v) is 5.83. The number of hydrogen-bond donors (Lipinski definition) is 4. The largest absolute Gasteiger partial charge is 0.396 e. The molecule has 138 valence electrons. The molecule has 0 amide bonds. The lowest BCUT2D eigenvalue weighted by Crippen LogP contribution is -2.26. The van der Waals surface area contributed by atoms with Gasteiger partial charge in [0.1, 0.15) is 5.82 Å². The lowest BCUT2D eigenvalue weighted by molar-refractivity contribution is -0.117. The summed E-state index contributed by atoms with van der Waals surface area (Å²) in [6, 6.07) is 4.17. The number of amidine groups is 1. The molecular formula is C16H18FN5O4. The normalized spacial score (nSPS) is 16.0. The van der Waals surface area contributed by atoms with Gasteiger partial charge in [0, 0.05) is 13.0 Å². The van der Waals surface area contributed by atoms with E-state index in [2.05, 4.69) is 25.3 Å². The molecule has 0 fully saturated rings. The SMILES string of the molecule is O=C(CCCO)CNc1nonc1C(=N[C@H]1Cc2ccc(F)cc21)NO. The van der Waals surface area contributed by atoms with Crippen LogP contribution in [0.2, 0.25) is 0 Å². The number of hydroxylamine groups is 1. The highest BCUT2D eigenvalue weighted by molar-refractivity contribution is 6.00. The van der Waals surface area contributed by atoms with Crippen molar-refractivity contribution in [3.8, 4) is 0 Å². The number of nitrogens with one attached hydrogen (secondary N) is 2. The van der Waals surface area contributed by atoms with E-state index in [0.717, 1.165) is 11.1 Å². The molecule has 1 aliphatic carbocycles. The molecule has 0 unspecified atom stereocenters. The number of fused-ring (bicyclic) bond motifs is 1. The third-order valence-corrected chi connectivity index (χ3v) is 4.05. The minimum absolute atomic E-state index is 0.00327. The van der Waals surface area contributed by atoms with E-state index in [1.807, 2.05) is 5.48 Å². The van der Waals surface area contributed by atoms with E-state index in [9.17, 15) is 14.4 Å². The van der Waals surface area contributed by atoms with Crippen molar-refractivity contribution < 1.29 is 24.1 Å². The van der Waals surface area contributed by atoms with E-state index in [1.54, 1.807) is 6.07 Å². The number of benzene rings is 1. The van der Waals surface area contributed by atoms with E-state index >= 15 is 0 Å². The van der Waals surface area contributed by atoms with E-state index in [-0.39, 0.29) is 54.6 Å². The number of Topliss-reactive ketones (excluding diaryl/α,β-unsaturated/α-hetero) is 1. The van der Waals surface area contributed by atoms with Gasteiger partial charge in [0.25, 0.3) is 0 Å². The number of aliphatic imine (C=N–C) groups is 1. The molecule has 0 saturated carbocycles. The number of hydrogen-bond acceptors (Lipinski definition) is 8. The van der Waals surface area contributed by atoms with E-state index in [0.29, 0.717) is 12.8 Å². The van der Waals surface area contributed by atoms with Crippen molar-refractivity contribution in [2.45, 2.75) is 25.3 Å². The average Bonchev–Trinajstić information content (AvgIpc) is 3.09. The molecule has 1 aliphatic rings. The summed E-state index contributed by atoms with van der Waals surface area (Å²) in [7, 11) is 0. The Morgan fingerprint density at radius 2 is 2.27 bits per heavy atom. The summed E-state index contributed by atoms with van der Waals surface area (Å²) in [4.78, 5) is 16.0. The molecule has 0 spiro atoms. The van der Waals surface area contributed by atoms with Crippen LogP contribution in [0.1, 0.15) is 35.7 Å². The predicted molar refractivity (Wildman–Crippen MR) is 88.4 cm³/mol. The third kappa shape index (κ3) is 3.86. The Labute approximate surface area is 147 Å². The maximum atomic E-state index is 13.4. The minimum atomic E-state index is -0.353. The highest BCUT2D eigenvalue weighted by Gasteiger charge is 2.28. The number of nitrogens with zero attached hydrogens (tertiary/aromatic N) is 3. The summed E-state index contributed by atoms with van der Waals surface area (Å²) in [5.74, 6) is -0.334. The fourth-order valence-electron chi connectivity index (χ4n) is 2.67. The van der Waals surface area contributed by atoms with Crippen LogP contribution in [0.4, 0.5) is 10.2 Å². The van der Waals surface area contributed by atoms with Crippen molar-refractivity contribution in [2.75, 3.05) is 18.5 Å². The molecule has 0 saturated heterocycles. The van der Waals surface area contributed by atoms with Crippen LogP contribution in [0, 0.1) is 5.82 Å². The standard InChI is InChI=1S/C16H18FN5O4/c17-10-4-3-9-6-13(12(9)7-10)19-16(20-25)14-15(22-26-21-14)18-8-11(24)2-1-5-23/h3-4,7,13,23,25H,1-2,5-6,8H2,(H,18,22)(H,19,20)/t13-/m0/s1. The summed E-state index contributed by atoms with van der Waals surface area (Å²) >= 11 is 0. The first kappa shape index (κ1) is 18.0. The molecule has 1 heterocycles. The summed E-state index contributed by atoms with van der Waals surface area (Å²) in [5.41, 5.74) is 3.78. The number of rotatable bonds is 8. The fourth-order valence-corrected chi connectivity index (χ4v) is 2.67. The summed E-state index contributed by atoms with van der Waals surface area (Å²) in [6.07, 6.45) is 1.22. The van der Waals surface area contributed by atoms with Gasteiger partial charge in [-0.15, -0.1) is 0 Å². The van der Waals surface area contributed by atoms with Gasteiger partial charge in [0.2, 0.25) is 5.82 Å². The number of aliphatic hydroxyl groups is 1. The maximum Gasteiger partial charge on any atom is 0.202 e. The van der Waals surface area contributed by atoms with Crippen molar-refractivity contribution in [2.24, 2.45) is 4.99 Å². The maximum absolute atomic E-state index is 13.4. The van der Waals surface area contributed by atoms with Gasteiger partial charge in [0.15, 0.2) is 17.3 Å². The Hall–Kier alpha value is -2.85. The van der Waals surface area contributed by atoms with Crippen LogP contribution >= 0.6 is 0 Å². The van der Waals surface area contributed by atoms with Gasteiger partial charge in [-0.05, 0) is 46.4 Å². The zero-order chi connectivity index (χ0) is 18.5. The Bertz CT molecular complexity index is 823. The zero-order valence-electron chi connectivity index (χ0n) is 13.8. The van der Waals surface area contributed by atoms with Gasteiger partial charge in [-0.1, -0.05) is 6.07 Å². The van der Waals surface area contributed by atoms with Gasteiger partial charge < -0.3 is 10.4 Å². The van der Waals surface area contributed by atoms with Crippen LogP contribution in [-0.4, -0.2) is 45.4 Å². The molecule has 1 atom stereocenters. The van der Waals surface area contributed by atoms with Gasteiger partial charge in [-0.3, -0.25) is 20.5 Å². The summed E-state index contributed by atoms with van der Waals surface area (Å²) in [5, 5.41) is 28.2. The number of aromatic nitrogens is 2. The van der Waals surface area contributed by atoms with Crippen molar-refractivity contribution in [3.05, 3.63) is 40.8 Å². The van der Waals surface area contributed by atoms with Gasteiger partial charge in [-0.2, -0.15) is 0 Å². The van der Waals surface area contributed by atoms with Crippen LogP contribution in [0.25, 0.3) is 0 Å². The molecule has 0 radical (unpaired) electrons. The van der Waals surface area contributed by atoms with Crippen molar-refractivity contribution in [3.63, 3.8) is 0 Å². The lowest BCUT2D eigenvalue weighted by Gasteiger charge is -2.27. The molecule has 26 heavy (non-hydrogen) atoms. The fraction of sp³-hybridized carbons (Fsp3) is 0.375. The monoisotopic (exact) mass is 363 g/mol. The number of anilines is 1. The lowest BCUT2D eigenvalue weighted by atomic mass is 9.83. The quantitative estimate of drug-likeness (QED) is 0.310. The smallest absolute Gasteiger partial charge is 0.202 e. The average molecular weight is 363 g/mol. The van der Waals surface area contributed by atoms with E-state index < -0.39 is 0 Å². The van der Waals surface area contributed by atoms with Crippen LogP contribution in [0.15, 0.2) is 27.8 Å². The molecule has 4 N–H and O–H groups in total. The second kappa shape index (κ2) is 8.02. The Kier molecular flexibility index (Phi) is 5.54. The molecule has 0 bridgehead atoms. The first-order valence-electron chi connectivity index (χ1n) is 8.08. The van der Waals surface area contributed by atoms with Crippen LogP contribution in [-0.2, 0) is 11.2 Å². The minimum Gasteiger partial charge on any atom is -0.396 e. The number of carbonyl (C=O) groups is 1. The number of halogens is 1. The topological polar surface area (TPSA) is 133 Å². The highest BCUT2D eigenvalue weighted by Crippen LogP contribution is 2.36. The number of aliphatic hydroxyl groups excluding tert-OH is 1. The molecule has 10 heteroatoms. The predicted octanol–water partition coefficient (Wildman–Crippen LogP) is 0.985. The Balaban J connectivity index is 1.71.